The number of amides is 1. The Morgan fingerprint density at radius 3 is 2.50 bits per heavy atom. The summed E-state index contributed by atoms with van der Waals surface area (Å²) in [6.07, 6.45) is 0. The summed E-state index contributed by atoms with van der Waals surface area (Å²) < 4.78 is 4.75. The number of aliphatic hydroxyl groups excluding tert-OH is 1. The first kappa shape index (κ1) is 13.4. The molecule has 84 valence electrons. The number of methoxy groups -OCH3 is 1. The molecular weight excluding hydrogens is 184 g/mol. The van der Waals surface area contributed by atoms with Crippen LogP contribution < -0.4 is 11.1 Å². The Labute approximate surface area is 84.6 Å². The Kier molecular flexibility index (Phi) is 6.44. The molecule has 4 N–H and O–H groups in total. The molecule has 1 amide bonds. The Balaban J connectivity index is 4.01. The second-order valence-corrected chi connectivity index (χ2v) is 3.60. The molecule has 0 saturated carbocycles. The second kappa shape index (κ2) is 6.75. The zero-order chi connectivity index (χ0) is 11.1. The van der Waals surface area contributed by atoms with Gasteiger partial charge in [0, 0.05) is 7.11 Å². The van der Waals surface area contributed by atoms with E-state index in [9.17, 15) is 4.79 Å². The van der Waals surface area contributed by atoms with Crippen molar-refractivity contribution >= 4 is 5.91 Å². The number of nitrogens with two attached hydrogens (primary N) is 1. The van der Waals surface area contributed by atoms with Gasteiger partial charge in [-0.1, -0.05) is 13.8 Å². The molecule has 0 rings (SSSR count). The Hall–Kier alpha value is -0.650. The summed E-state index contributed by atoms with van der Waals surface area (Å²) in [7, 11) is 1.49. The maximum atomic E-state index is 11.4. The standard InChI is InChI=1S/C9H20N2O3/c1-6(2)8(4-12)11-9(13)7(10)5-14-3/h6-8,12H,4-5,10H2,1-3H3,(H,11,13)/t7?,8-/m1/s1. The normalized spacial score (nSPS) is 15.3. The molecule has 0 aliphatic carbocycles. The number of carbonyl (C=O) groups excluding carboxylic acids is 1. The number of carbonyl (C=O) groups is 1. The Morgan fingerprint density at radius 2 is 2.14 bits per heavy atom. The predicted octanol–water partition coefficient (Wildman–Crippen LogP) is -0.907. The molecule has 2 atom stereocenters. The summed E-state index contributed by atoms with van der Waals surface area (Å²) in [4.78, 5) is 11.4. The van der Waals surface area contributed by atoms with Gasteiger partial charge in [-0.15, -0.1) is 0 Å². The average Bonchev–Trinajstić information content (AvgIpc) is 2.13. The quantitative estimate of drug-likeness (QED) is 0.523. The van der Waals surface area contributed by atoms with Gasteiger partial charge in [0.2, 0.25) is 5.91 Å². The second-order valence-electron chi connectivity index (χ2n) is 3.60. The highest BCUT2D eigenvalue weighted by molar-refractivity contribution is 5.81. The van der Waals surface area contributed by atoms with Crippen LogP contribution in [0.1, 0.15) is 13.8 Å². The molecule has 0 aliphatic rings. The van der Waals surface area contributed by atoms with E-state index in [4.69, 9.17) is 15.6 Å². The topological polar surface area (TPSA) is 84.6 Å². The van der Waals surface area contributed by atoms with E-state index in [0.29, 0.717) is 0 Å². The summed E-state index contributed by atoms with van der Waals surface area (Å²) in [5.41, 5.74) is 5.51. The van der Waals surface area contributed by atoms with Crippen LogP contribution in [-0.4, -0.2) is 43.4 Å². The average molecular weight is 204 g/mol. The van der Waals surface area contributed by atoms with Crippen LogP contribution in [0.2, 0.25) is 0 Å². The molecule has 0 radical (unpaired) electrons. The maximum absolute atomic E-state index is 11.4. The summed E-state index contributed by atoms with van der Waals surface area (Å²) in [5, 5.41) is 11.6. The van der Waals surface area contributed by atoms with Gasteiger partial charge in [-0.2, -0.15) is 0 Å². The van der Waals surface area contributed by atoms with E-state index in [1.165, 1.54) is 7.11 Å². The zero-order valence-electron chi connectivity index (χ0n) is 8.99. The van der Waals surface area contributed by atoms with Crippen LogP contribution in [0.15, 0.2) is 0 Å². The molecule has 1 unspecified atom stereocenters. The number of hydrogen-bond donors (Lipinski definition) is 3. The molecule has 0 aromatic rings. The van der Waals surface area contributed by atoms with E-state index < -0.39 is 6.04 Å². The molecule has 14 heavy (non-hydrogen) atoms. The van der Waals surface area contributed by atoms with Gasteiger partial charge in [0.15, 0.2) is 0 Å². The van der Waals surface area contributed by atoms with Crippen LogP contribution in [-0.2, 0) is 9.53 Å². The third-order valence-corrected chi connectivity index (χ3v) is 2.01. The van der Waals surface area contributed by atoms with E-state index in [-0.39, 0.29) is 31.1 Å². The van der Waals surface area contributed by atoms with Crippen LogP contribution in [0.5, 0.6) is 0 Å². The SMILES string of the molecule is COCC(N)C(=O)N[C@H](CO)C(C)C. The van der Waals surface area contributed by atoms with Gasteiger partial charge in [0.05, 0.1) is 19.3 Å². The van der Waals surface area contributed by atoms with Crippen molar-refractivity contribution in [3.63, 3.8) is 0 Å². The molecular formula is C9H20N2O3. The van der Waals surface area contributed by atoms with Crippen molar-refractivity contribution in [1.29, 1.82) is 0 Å². The van der Waals surface area contributed by atoms with Crippen molar-refractivity contribution in [2.75, 3.05) is 20.3 Å². The molecule has 0 saturated heterocycles. The lowest BCUT2D eigenvalue weighted by Gasteiger charge is -2.21. The number of nitrogens with one attached hydrogen (secondary N) is 1. The molecule has 0 spiro atoms. The van der Waals surface area contributed by atoms with Gasteiger partial charge in [-0.05, 0) is 5.92 Å². The van der Waals surface area contributed by atoms with Crippen molar-refractivity contribution in [2.24, 2.45) is 11.7 Å². The number of hydrogen-bond acceptors (Lipinski definition) is 4. The predicted molar refractivity (Wildman–Crippen MR) is 53.7 cm³/mol. The van der Waals surface area contributed by atoms with E-state index >= 15 is 0 Å². The van der Waals surface area contributed by atoms with Crippen LogP contribution >= 0.6 is 0 Å². The van der Waals surface area contributed by atoms with Gasteiger partial charge < -0.3 is 20.9 Å². The van der Waals surface area contributed by atoms with E-state index in [1.807, 2.05) is 13.8 Å². The van der Waals surface area contributed by atoms with Crippen molar-refractivity contribution in [3.8, 4) is 0 Å². The lowest BCUT2D eigenvalue weighted by Crippen LogP contribution is -2.50. The van der Waals surface area contributed by atoms with Gasteiger partial charge in [0.25, 0.3) is 0 Å². The molecule has 0 heterocycles. The number of aliphatic hydroxyl groups is 1. The molecule has 0 bridgehead atoms. The lowest BCUT2D eigenvalue weighted by atomic mass is 10.1. The minimum atomic E-state index is -0.673. The number of rotatable bonds is 6. The first-order chi connectivity index (χ1) is 6.52. The van der Waals surface area contributed by atoms with Gasteiger partial charge in [-0.3, -0.25) is 4.79 Å². The molecule has 0 aliphatic heterocycles. The van der Waals surface area contributed by atoms with Gasteiger partial charge >= 0.3 is 0 Å². The fourth-order valence-corrected chi connectivity index (χ4v) is 0.968. The van der Waals surface area contributed by atoms with Crippen LogP contribution in [0.25, 0.3) is 0 Å². The molecule has 0 aromatic carbocycles. The monoisotopic (exact) mass is 204 g/mol. The Bertz CT molecular complexity index is 173. The lowest BCUT2D eigenvalue weighted by molar-refractivity contribution is -0.124. The highest BCUT2D eigenvalue weighted by Crippen LogP contribution is 2.00. The van der Waals surface area contributed by atoms with E-state index in [1.54, 1.807) is 0 Å². The largest absolute Gasteiger partial charge is 0.394 e. The van der Waals surface area contributed by atoms with Crippen molar-refractivity contribution in [2.45, 2.75) is 25.9 Å². The van der Waals surface area contributed by atoms with Gasteiger partial charge in [0.1, 0.15) is 6.04 Å². The first-order valence-corrected chi connectivity index (χ1v) is 4.68. The summed E-state index contributed by atoms with van der Waals surface area (Å²) >= 11 is 0. The highest BCUT2D eigenvalue weighted by Gasteiger charge is 2.19. The third-order valence-electron chi connectivity index (χ3n) is 2.01. The van der Waals surface area contributed by atoms with Crippen molar-refractivity contribution in [3.05, 3.63) is 0 Å². The van der Waals surface area contributed by atoms with E-state index in [2.05, 4.69) is 5.32 Å². The smallest absolute Gasteiger partial charge is 0.239 e. The van der Waals surface area contributed by atoms with E-state index in [0.717, 1.165) is 0 Å². The zero-order valence-corrected chi connectivity index (χ0v) is 8.99. The summed E-state index contributed by atoms with van der Waals surface area (Å²) in [6, 6.07) is -0.918. The maximum Gasteiger partial charge on any atom is 0.239 e. The minimum Gasteiger partial charge on any atom is -0.394 e. The molecule has 0 aromatic heterocycles. The van der Waals surface area contributed by atoms with Crippen molar-refractivity contribution in [1.82, 2.24) is 5.32 Å². The van der Waals surface area contributed by atoms with Gasteiger partial charge in [-0.25, -0.2) is 0 Å². The molecule has 5 nitrogen and oxygen atoms in total. The fraction of sp³-hybridized carbons (Fsp3) is 0.889. The third kappa shape index (κ3) is 4.55. The fourth-order valence-electron chi connectivity index (χ4n) is 0.968. The Morgan fingerprint density at radius 1 is 1.57 bits per heavy atom. The van der Waals surface area contributed by atoms with Crippen molar-refractivity contribution < 1.29 is 14.6 Å². The molecule has 5 heteroatoms. The molecule has 0 fully saturated rings. The summed E-state index contributed by atoms with van der Waals surface area (Å²) in [6.45, 7) is 3.94. The van der Waals surface area contributed by atoms with Crippen LogP contribution in [0, 0.1) is 5.92 Å². The van der Waals surface area contributed by atoms with Crippen LogP contribution in [0.4, 0.5) is 0 Å². The summed E-state index contributed by atoms with van der Waals surface area (Å²) in [5.74, 6) is -0.113. The first-order valence-electron chi connectivity index (χ1n) is 4.68. The van der Waals surface area contributed by atoms with Crippen LogP contribution in [0.3, 0.4) is 0 Å². The number of ether oxygens (including phenoxy) is 1. The minimum absolute atomic E-state index is 0.0802. The highest BCUT2D eigenvalue weighted by atomic mass is 16.5.